The summed E-state index contributed by atoms with van der Waals surface area (Å²) in [5, 5.41) is 12.3. The molecule has 29 heavy (non-hydrogen) atoms. The van der Waals surface area contributed by atoms with Crippen molar-refractivity contribution >= 4 is 69.5 Å². The molecule has 1 fully saturated rings. The molecule has 3 rings (SSSR count). The SMILES string of the molecule is COc1cc(C=C2SC(=S)NC2=O)cc(-c2ccc(Cl)c(Cl)c2)c1OCC(=O)O. The number of ether oxygens (including phenoxy) is 2. The van der Waals surface area contributed by atoms with Crippen molar-refractivity contribution < 1.29 is 24.2 Å². The number of thioether (sulfide) groups is 1. The zero-order valence-corrected chi connectivity index (χ0v) is 18.0. The third-order valence-electron chi connectivity index (χ3n) is 3.81. The van der Waals surface area contributed by atoms with Gasteiger partial charge in [0, 0.05) is 5.56 Å². The van der Waals surface area contributed by atoms with E-state index in [0.29, 0.717) is 41.7 Å². The summed E-state index contributed by atoms with van der Waals surface area (Å²) < 4.78 is 11.3. The first kappa shape index (κ1) is 21.4. The molecule has 0 unspecified atom stereocenters. The van der Waals surface area contributed by atoms with Crippen LogP contribution in [0.1, 0.15) is 5.56 Å². The lowest BCUT2D eigenvalue weighted by molar-refractivity contribution is -0.139. The van der Waals surface area contributed by atoms with Crippen molar-refractivity contribution in [3.8, 4) is 22.6 Å². The van der Waals surface area contributed by atoms with E-state index in [2.05, 4.69) is 5.32 Å². The summed E-state index contributed by atoms with van der Waals surface area (Å²) in [6, 6.07) is 8.35. The minimum absolute atomic E-state index is 0.231. The Morgan fingerprint density at radius 1 is 1.28 bits per heavy atom. The maximum atomic E-state index is 12.0. The molecule has 2 aromatic carbocycles. The number of carbonyl (C=O) groups excluding carboxylic acids is 1. The van der Waals surface area contributed by atoms with Gasteiger partial charge in [-0.3, -0.25) is 4.79 Å². The van der Waals surface area contributed by atoms with Gasteiger partial charge in [0.15, 0.2) is 18.1 Å². The first-order chi connectivity index (χ1) is 13.8. The van der Waals surface area contributed by atoms with Crippen molar-refractivity contribution in [3.05, 3.63) is 50.8 Å². The fourth-order valence-corrected chi connectivity index (χ4v) is 3.93. The predicted molar refractivity (Wildman–Crippen MR) is 118 cm³/mol. The number of rotatable bonds is 6. The van der Waals surface area contributed by atoms with Gasteiger partial charge < -0.3 is 19.9 Å². The summed E-state index contributed by atoms with van der Waals surface area (Å²) in [5.41, 5.74) is 1.80. The van der Waals surface area contributed by atoms with Crippen molar-refractivity contribution in [1.29, 1.82) is 0 Å². The van der Waals surface area contributed by atoms with E-state index in [-0.39, 0.29) is 11.7 Å². The molecule has 1 aliphatic rings. The number of thiocarbonyl (C=S) groups is 1. The molecule has 6 nitrogen and oxygen atoms in total. The van der Waals surface area contributed by atoms with Gasteiger partial charge in [0.05, 0.1) is 22.1 Å². The van der Waals surface area contributed by atoms with E-state index in [4.69, 9.17) is 50.0 Å². The Morgan fingerprint density at radius 2 is 2.03 bits per heavy atom. The molecule has 1 heterocycles. The highest BCUT2D eigenvalue weighted by Gasteiger charge is 2.23. The maximum absolute atomic E-state index is 12.0. The van der Waals surface area contributed by atoms with Crippen LogP contribution < -0.4 is 14.8 Å². The number of nitrogens with one attached hydrogen (secondary N) is 1. The quantitative estimate of drug-likeness (QED) is 0.471. The summed E-state index contributed by atoms with van der Waals surface area (Å²) in [6.07, 6.45) is 1.66. The Bertz CT molecular complexity index is 1060. The molecule has 0 aliphatic carbocycles. The number of carboxylic acid groups (broad SMARTS) is 1. The highest BCUT2D eigenvalue weighted by molar-refractivity contribution is 8.26. The molecule has 0 aromatic heterocycles. The van der Waals surface area contributed by atoms with Crippen LogP contribution in [0.3, 0.4) is 0 Å². The van der Waals surface area contributed by atoms with E-state index in [0.717, 1.165) is 11.8 Å². The summed E-state index contributed by atoms with van der Waals surface area (Å²) >= 11 is 18.3. The van der Waals surface area contributed by atoms with Crippen LogP contribution in [-0.4, -0.2) is 35.0 Å². The third kappa shape index (κ3) is 5.02. The standard InChI is InChI=1S/C19H13Cl2NO5S2/c1-26-14-5-9(6-15-18(25)22-19(28)29-15)4-11(17(14)27-8-16(23)24)10-2-3-12(20)13(21)7-10/h2-7H,8H2,1H3,(H,23,24)(H,22,25,28). The van der Waals surface area contributed by atoms with Gasteiger partial charge in [0.2, 0.25) is 0 Å². The van der Waals surface area contributed by atoms with Crippen LogP contribution in [0, 0.1) is 0 Å². The van der Waals surface area contributed by atoms with Gasteiger partial charge in [-0.2, -0.15) is 0 Å². The van der Waals surface area contributed by atoms with Crippen LogP contribution in [0.2, 0.25) is 10.0 Å². The van der Waals surface area contributed by atoms with Crippen molar-refractivity contribution in [3.63, 3.8) is 0 Å². The number of methoxy groups -OCH3 is 1. The molecular formula is C19H13Cl2NO5S2. The molecule has 0 bridgehead atoms. The molecule has 1 amide bonds. The van der Waals surface area contributed by atoms with Crippen molar-refractivity contribution in [2.45, 2.75) is 0 Å². The maximum Gasteiger partial charge on any atom is 0.341 e. The normalized spacial score (nSPS) is 14.8. The van der Waals surface area contributed by atoms with Crippen LogP contribution in [0.5, 0.6) is 11.5 Å². The molecule has 0 saturated carbocycles. The van der Waals surface area contributed by atoms with Gasteiger partial charge in [0.25, 0.3) is 5.91 Å². The third-order valence-corrected chi connectivity index (χ3v) is 5.71. The second kappa shape index (κ2) is 9.04. The highest BCUT2D eigenvalue weighted by Crippen LogP contribution is 2.42. The summed E-state index contributed by atoms with van der Waals surface area (Å²) in [6.45, 7) is -0.558. The zero-order valence-electron chi connectivity index (χ0n) is 14.8. The fraction of sp³-hybridized carbons (Fsp3) is 0.105. The van der Waals surface area contributed by atoms with Crippen LogP contribution in [0.4, 0.5) is 0 Å². The molecular weight excluding hydrogens is 457 g/mol. The lowest BCUT2D eigenvalue weighted by Crippen LogP contribution is -2.17. The van der Waals surface area contributed by atoms with Crippen LogP contribution in [0.15, 0.2) is 35.2 Å². The lowest BCUT2D eigenvalue weighted by atomic mass is 10.0. The van der Waals surface area contributed by atoms with Crippen LogP contribution in [0.25, 0.3) is 17.2 Å². The van der Waals surface area contributed by atoms with Crippen LogP contribution >= 0.6 is 47.2 Å². The van der Waals surface area contributed by atoms with Gasteiger partial charge in [-0.1, -0.05) is 53.2 Å². The Labute approximate surface area is 185 Å². The predicted octanol–water partition coefficient (Wildman–Crippen LogP) is 4.62. The molecule has 10 heteroatoms. The van der Waals surface area contributed by atoms with E-state index in [1.165, 1.54) is 7.11 Å². The average molecular weight is 470 g/mol. The van der Waals surface area contributed by atoms with Crippen molar-refractivity contribution in [2.24, 2.45) is 0 Å². The molecule has 0 radical (unpaired) electrons. The average Bonchev–Trinajstić information content (AvgIpc) is 2.98. The van der Waals surface area contributed by atoms with Crippen molar-refractivity contribution in [1.82, 2.24) is 5.32 Å². The number of hydrogen-bond donors (Lipinski definition) is 2. The van der Waals surface area contributed by atoms with Gasteiger partial charge in [-0.25, -0.2) is 4.79 Å². The lowest BCUT2D eigenvalue weighted by Gasteiger charge is -2.16. The first-order valence-electron chi connectivity index (χ1n) is 8.05. The second-order valence-electron chi connectivity index (χ2n) is 5.76. The number of amides is 1. The number of halogens is 2. The molecule has 1 saturated heterocycles. The smallest absolute Gasteiger partial charge is 0.341 e. The number of carbonyl (C=O) groups is 2. The largest absolute Gasteiger partial charge is 0.493 e. The molecule has 2 aromatic rings. The summed E-state index contributed by atoms with van der Waals surface area (Å²) in [7, 11) is 1.44. The number of carboxylic acids is 1. The molecule has 1 aliphatic heterocycles. The topological polar surface area (TPSA) is 84.9 Å². The molecule has 2 N–H and O–H groups in total. The first-order valence-corrected chi connectivity index (χ1v) is 10.0. The highest BCUT2D eigenvalue weighted by atomic mass is 35.5. The summed E-state index contributed by atoms with van der Waals surface area (Å²) in [4.78, 5) is 23.4. The number of hydrogen-bond acceptors (Lipinski definition) is 6. The Balaban J connectivity index is 2.16. The van der Waals surface area contributed by atoms with Gasteiger partial charge >= 0.3 is 5.97 Å². The van der Waals surface area contributed by atoms with E-state index in [1.54, 1.807) is 36.4 Å². The monoisotopic (exact) mass is 469 g/mol. The Morgan fingerprint density at radius 3 is 2.62 bits per heavy atom. The van der Waals surface area contributed by atoms with E-state index in [1.807, 2.05) is 0 Å². The van der Waals surface area contributed by atoms with Crippen molar-refractivity contribution in [2.75, 3.05) is 13.7 Å². The zero-order chi connectivity index (χ0) is 21.1. The van der Waals surface area contributed by atoms with Gasteiger partial charge in [0.1, 0.15) is 4.32 Å². The minimum atomic E-state index is -1.13. The van der Waals surface area contributed by atoms with Crippen LogP contribution in [-0.2, 0) is 9.59 Å². The van der Waals surface area contributed by atoms with Gasteiger partial charge in [-0.15, -0.1) is 0 Å². The number of aliphatic carboxylic acids is 1. The minimum Gasteiger partial charge on any atom is -0.493 e. The fourth-order valence-electron chi connectivity index (χ4n) is 2.59. The van der Waals surface area contributed by atoms with E-state index in [9.17, 15) is 9.59 Å². The second-order valence-corrected chi connectivity index (χ2v) is 8.30. The Hall–Kier alpha value is -2.26. The molecule has 0 spiro atoms. The molecule has 150 valence electrons. The van der Waals surface area contributed by atoms with Gasteiger partial charge in [-0.05, 0) is 41.5 Å². The van der Waals surface area contributed by atoms with E-state index < -0.39 is 12.6 Å². The Kier molecular flexibility index (Phi) is 6.69. The molecule has 0 atom stereocenters. The number of benzene rings is 2. The summed E-state index contributed by atoms with van der Waals surface area (Å²) in [5.74, 6) is -0.894. The van der Waals surface area contributed by atoms with E-state index >= 15 is 0 Å².